The van der Waals surface area contributed by atoms with Crippen LogP contribution >= 0.6 is 24.0 Å². The fourth-order valence-corrected chi connectivity index (χ4v) is 3.78. The minimum absolute atomic E-state index is 0. The van der Waals surface area contributed by atoms with Crippen molar-refractivity contribution >= 4 is 35.8 Å². The molecule has 2 aromatic carbocycles. The highest BCUT2D eigenvalue weighted by atomic mass is 127. The van der Waals surface area contributed by atoms with E-state index in [1.165, 1.54) is 16.7 Å². The van der Waals surface area contributed by atoms with Crippen LogP contribution in [0.15, 0.2) is 47.5 Å². The average Bonchev–Trinajstić information content (AvgIpc) is 3.20. The van der Waals surface area contributed by atoms with Gasteiger partial charge in [0.05, 0.1) is 12.6 Å². The molecule has 7 heteroatoms. The summed E-state index contributed by atoms with van der Waals surface area (Å²) in [5.41, 5.74) is 4.75. The maximum Gasteiger partial charge on any atom is 0.223 e. The molecule has 0 saturated carbocycles. The first-order chi connectivity index (χ1) is 15.5. The Kier molecular flexibility index (Phi) is 11.0. The molecule has 33 heavy (non-hydrogen) atoms. The van der Waals surface area contributed by atoms with Gasteiger partial charge in [-0.1, -0.05) is 36.4 Å². The zero-order valence-corrected chi connectivity index (χ0v) is 22.5. The molecule has 1 heterocycles. The number of carbonyl (C=O) groups is 1. The van der Waals surface area contributed by atoms with Gasteiger partial charge in [-0.15, -0.1) is 24.0 Å². The molecule has 0 bridgehead atoms. The smallest absolute Gasteiger partial charge is 0.223 e. The highest BCUT2D eigenvalue weighted by Gasteiger charge is 2.22. The number of fused-ring (bicyclic) bond motifs is 1. The highest BCUT2D eigenvalue weighted by molar-refractivity contribution is 14.0. The predicted molar refractivity (Wildman–Crippen MR) is 145 cm³/mol. The van der Waals surface area contributed by atoms with Gasteiger partial charge in [0.25, 0.3) is 0 Å². The standard InChI is InChI=1S/C26H36N4O2.HI/c1-5-27-26(29-16-21-13-12-20(4)15-24(21)32-19(2)3)28-14-8-11-25(31)30-17-22-9-6-7-10-23(22)18-30;/h6-7,9-10,12-13,15,19H,5,8,11,14,16-18H2,1-4H3,(H2,27,28,29);1H. The fourth-order valence-electron chi connectivity index (χ4n) is 3.78. The molecule has 0 fully saturated rings. The van der Waals surface area contributed by atoms with E-state index in [1.54, 1.807) is 0 Å². The van der Waals surface area contributed by atoms with Crippen molar-refractivity contribution in [2.24, 2.45) is 4.99 Å². The van der Waals surface area contributed by atoms with Crippen LogP contribution in [0.3, 0.4) is 0 Å². The number of aliphatic imine (C=N–C) groups is 1. The van der Waals surface area contributed by atoms with E-state index < -0.39 is 0 Å². The number of ether oxygens (including phenoxy) is 1. The topological polar surface area (TPSA) is 66.0 Å². The molecule has 0 unspecified atom stereocenters. The quantitative estimate of drug-likeness (QED) is 0.199. The van der Waals surface area contributed by atoms with Gasteiger partial charge in [0.15, 0.2) is 5.96 Å². The van der Waals surface area contributed by atoms with E-state index in [0.29, 0.717) is 19.5 Å². The molecule has 0 aromatic heterocycles. The van der Waals surface area contributed by atoms with Crippen LogP contribution in [-0.4, -0.2) is 36.0 Å². The molecule has 2 aromatic rings. The molecule has 0 spiro atoms. The van der Waals surface area contributed by atoms with Crippen molar-refractivity contribution in [3.63, 3.8) is 0 Å². The Labute approximate surface area is 215 Å². The van der Waals surface area contributed by atoms with Crippen LogP contribution < -0.4 is 15.4 Å². The molecule has 1 aliphatic heterocycles. The Balaban J connectivity index is 0.00000385. The monoisotopic (exact) mass is 564 g/mol. The molecule has 0 atom stereocenters. The number of rotatable bonds is 9. The first-order valence-electron chi connectivity index (χ1n) is 11.6. The number of carbonyl (C=O) groups excluding carboxylic acids is 1. The SMILES string of the molecule is CCNC(=NCc1ccc(C)cc1OC(C)C)NCCCC(=O)N1Cc2ccccc2C1.I. The summed E-state index contributed by atoms with van der Waals surface area (Å²) >= 11 is 0. The Morgan fingerprint density at radius 2 is 1.82 bits per heavy atom. The third-order valence-electron chi connectivity index (χ3n) is 5.39. The highest BCUT2D eigenvalue weighted by Crippen LogP contribution is 2.23. The van der Waals surface area contributed by atoms with Crippen molar-refractivity contribution in [1.29, 1.82) is 0 Å². The summed E-state index contributed by atoms with van der Waals surface area (Å²) < 4.78 is 5.96. The van der Waals surface area contributed by atoms with Crippen molar-refractivity contribution < 1.29 is 9.53 Å². The Morgan fingerprint density at radius 1 is 1.12 bits per heavy atom. The first-order valence-corrected chi connectivity index (χ1v) is 11.6. The summed E-state index contributed by atoms with van der Waals surface area (Å²) in [5, 5.41) is 6.64. The number of nitrogens with zero attached hydrogens (tertiary/aromatic N) is 2. The third-order valence-corrected chi connectivity index (χ3v) is 5.39. The number of nitrogens with one attached hydrogen (secondary N) is 2. The van der Waals surface area contributed by atoms with Crippen LogP contribution in [0.1, 0.15) is 55.9 Å². The molecule has 0 saturated heterocycles. The van der Waals surface area contributed by atoms with Gasteiger partial charge in [-0.3, -0.25) is 4.79 Å². The minimum atomic E-state index is 0. The van der Waals surface area contributed by atoms with Gasteiger partial charge in [-0.25, -0.2) is 4.99 Å². The molecule has 1 amide bonds. The number of hydrogen-bond acceptors (Lipinski definition) is 3. The van der Waals surface area contributed by atoms with E-state index >= 15 is 0 Å². The lowest BCUT2D eigenvalue weighted by Crippen LogP contribution is -2.38. The lowest BCUT2D eigenvalue weighted by molar-refractivity contribution is -0.131. The number of halogens is 1. The lowest BCUT2D eigenvalue weighted by Gasteiger charge is -2.16. The van der Waals surface area contributed by atoms with E-state index in [0.717, 1.165) is 43.3 Å². The van der Waals surface area contributed by atoms with Crippen molar-refractivity contribution in [2.75, 3.05) is 13.1 Å². The van der Waals surface area contributed by atoms with Gasteiger partial charge < -0.3 is 20.3 Å². The molecular weight excluding hydrogens is 527 g/mol. The van der Waals surface area contributed by atoms with E-state index in [-0.39, 0.29) is 36.0 Å². The lowest BCUT2D eigenvalue weighted by atomic mass is 10.1. The van der Waals surface area contributed by atoms with Gasteiger partial charge in [0.1, 0.15) is 5.75 Å². The summed E-state index contributed by atoms with van der Waals surface area (Å²) in [7, 11) is 0. The van der Waals surface area contributed by atoms with E-state index in [1.807, 2.05) is 37.8 Å². The Bertz CT molecular complexity index is 921. The molecule has 2 N–H and O–H groups in total. The molecule has 0 radical (unpaired) electrons. The minimum Gasteiger partial charge on any atom is -0.491 e. The molecule has 6 nitrogen and oxygen atoms in total. The van der Waals surface area contributed by atoms with Crippen LogP contribution in [0.4, 0.5) is 0 Å². The largest absolute Gasteiger partial charge is 0.491 e. The third kappa shape index (κ3) is 8.21. The molecular formula is C26H37IN4O2. The van der Waals surface area contributed by atoms with Crippen molar-refractivity contribution in [3.05, 3.63) is 64.7 Å². The predicted octanol–water partition coefficient (Wildman–Crippen LogP) is 4.78. The van der Waals surface area contributed by atoms with Crippen LogP contribution in [0.2, 0.25) is 0 Å². The Morgan fingerprint density at radius 3 is 2.45 bits per heavy atom. The maximum atomic E-state index is 12.6. The molecule has 180 valence electrons. The zero-order valence-electron chi connectivity index (χ0n) is 20.2. The van der Waals surface area contributed by atoms with Crippen molar-refractivity contribution in [2.45, 2.75) is 66.3 Å². The Hall–Kier alpha value is -2.29. The van der Waals surface area contributed by atoms with Crippen LogP contribution in [-0.2, 0) is 24.4 Å². The number of amides is 1. The second-order valence-electron chi connectivity index (χ2n) is 8.52. The van der Waals surface area contributed by atoms with E-state index in [2.05, 4.69) is 47.9 Å². The fraction of sp³-hybridized carbons (Fsp3) is 0.462. The van der Waals surface area contributed by atoms with Gasteiger partial charge in [-0.2, -0.15) is 0 Å². The normalized spacial score (nSPS) is 12.9. The number of benzene rings is 2. The summed E-state index contributed by atoms with van der Waals surface area (Å²) in [6, 6.07) is 14.5. The number of hydrogen-bond donors (Lipinski definition) is 2. The van der Waals surface area contributed by atoms with Gasteiger partial charge >= 0.3 is 0 Å². The van der Waals surface area contributed by atoms with E-state index in [9.17, 15) is 4.79 Å². The van der Waals surface area contributed by atoms with Crippen molar-refractivity contribution in [1.82, 2.24) is 15.5 Å². The second kappa shape index (κ2) is 13.4. The van der Waals surface area contributed by atoms with Gasteiger partial charge in [-0.05, 0) is 56.9 Å². The van der Waals surface area contributed by atoms with Gasteiger partial charge in [0, 0.05) is 38.2 Å². The molecule has 1 aliphatic rings. The summed E-state index contributed by atoms with van der Waals surface area (Å²) in [5.74, 6) is 1.85. The van der Waals surface area contributed by atoms with Crippen LogP contribution in [0.25, 0.3) is 0 Å². The average molecular weight is 565 g/mol. The molecule has 0 aliphatic carbocycles. The summed E-state index contributed by atoms with van der Waals surface area (Å²) in [6.07, 6.45) is 1.42. The first kappa shape index (κ1) is 27.0. The van der Waals surface area contributed by atoms with Gasteiger partial charge in [0.2, 0.25) is 5.91 Å². The van der Waals surface area contributed by atoms with E-state index in [4.69, 9.17) is 9.73 Å². The van der Waals surface area contributed by atoms with Crippen LogP contribution in [0.5, 0.6) is 5.75 Å². The molecule has 3 rings (SSSR count). The van der Waals surface area contributed by atoms with Crippen LogP contribution in [0, 0.1) is 6.92 Å². The summed E-state index contributed by atoms with van der Waals surface area (Å²) in [6.45, 7) is 11.6. The zero-order chi connectivity index (χ0) is 22.9. The number of guanidine groups is 1. The second-order valence-corrected chi connectivity index (χ2v) is 8.52. The number of aryl methyl sites for hydroxylation is 1. The van der Waals surface area contributed by atoms with Crippen molar-refractivity contribution in [3.8, 4) is 5.75 Å². The summed E-state index contributed by atoms with van der Waals surface area (Å²) in [4.78, 5) is 19.3. The maximum absolute atomic E-state index is 12.6.